The standard InChI is InChI=1S/C16H13N3O5/c1-2-23-15-14(10-13-4-3-9-24-13)16(20)18(17-15)11-5-7-12(8-6-11)19(21)22/h3-10H,2H2,1H3/b14-10+. The van der Waals surface area contributed by atoms with E-state index in [1.807, 2.05) is 0 Å². The van der Waals surface area contributed by atoms with Crippen LogP contribution in [0.25, 0.3) is 6.08 Å². The molecule has 0 saturated carbocycles. The van der Waals surface area contributed by atoms with E-state index in [0.29, 0.717) is 18.1 Å². The number of hydrogen-bond acceptors (Lipinski definition) is 6. The molecule has 8 nitrogen and oxygen atoms in total. The number of non-ortho nitro benzene ring substituents is 1. The summed E-state index contributed by atoms with van der Waals surface area (Å²) in [6.45, 7) is 2.13. The second-order valence-electron chi connectivity index (χ2n) is 4.80. The monoisotopic (exact) mass is 327 g/mol. The smallest absolute Gasteiger partial charge is 0.284 e. The van der Waals surface area contributed by atoms with Gasteiger partial charge in [-0.05, 0) is 37.3 Å². The van der Waals surface area contributed by atoms with Crippen LogP contribution in [0.4, 0.5) is 11.4 Å². The van der Waals surface area contributed by atoms with Gasteiger partial charge in [-0.15, -0.1) is 5.10 Å². The normalized spacial score (nSPS) is 15.7. The number of carbonyl (C=O) groups excluding carboxylic acids is 1. The molecule has 3 rings (SSSR count). The molecule has 1 aromatic carbocycles. The number of furan rings is 1. The average Bonchev–Trinajstić information content (AvgIpc) is 3.19. The minimum atomic E-state index is -0.507. The van der Waals surface area contributed by atoms with Gasteiger partial charge in [0.25, 0.3) is 11.6 Å². The van der Waals surface area contributed by atoms with Gasteiger partial charge in [0.15, 0.2) is 0 Å². The van der Waals surface area contributed by atoms with Gasteiger partial charge >= 0.3 is 0 Å². The SMILES string of the molecule is CCOC1=NN(c2ccc([N+](=O)[O-])cc2)C(=O)/C1=C/c1ccco1. The van der Waals surface area contributed by atoms with Gasteiger partial charge in [-0.1, -0.05) is 0 Å². The van der Waals surface area contributed by atoms with Crippen molar-refractivity contribution in [3.8, 4) is 0 Å². The van der Waals surface area contributed by atoms with Crippen LogP contribution in [0.3, 0.4) is 0 Å². The number of rotatable bonds is 4. The summed E-state index contributed by atoms with van der Waals surface area (Å²) in [5.41, 5.74) is 0.599. The number of hydrogen-bond donors (Lipinski definition) is 0. The van der Waals surface area contributed by atoms with Gasteiger partial charge in [0, 0.05) is 12.1 Å². The molecule has 0 spiro atoms. The molecule has 0 atom stereocenters. The van der Waals surface area contributed by atoms with Crippen LogP contribution in [0.1, 0.15) is 12.7 Å². The number of benzene rings is 1. The number of hydrazone groups is 1. The van der Waals surface area contributed by atoms with Crippen LogP contribution in [0.2, 0.25) is 0 Å². The lowest BCUT2D eigenvalue weighted by Crippen LogP contribution is -2.21. The van der Waals surface area contributed by atoms with Crippen molar-refractivity contribution in [2.24, 2.45) is 5.10 Å². The zero-order valence-electron chi connectivity index (χ0n) is 12.7. The van der Waals surface area contributed by atoms with E-state index in [4.69, 9.17) is 9.15 Å². The highest BCUT2D eigenvalue weighted by Crippen LogP contribution is 2.27. The molecular weight excluding hydrogens is 314 g/mol. The Labute approximate surface area is 136 Å². The van der Waals surface area contributed by atoms with Crippen molar-refractivity contribution in [2.75, 3.05) is 11.6 Å². The number of nitro benzene ring substituents is 1. The van der Waals surface area contributed by atoms with Gasteiger partial charge in [0.05, 0.1) is 23.5 Å². The van der Waals surface area contributed by atoms with Crippen molar-refractivity contribution in [1.29, 1.82) is 0 Å². The Bertz CT molecular complexity index is 822. The maximum absolute atomic E-state index is 12.6. The molecule has 0 unspecified atom stereocenters. The predicted molar refractivity (Wildman–Crippen MR) is 86.3 cm³/mol. The van der Waals surface area contributed by atoms with Crippen molar-refractivity contribution in [2.45, 2.75) is 6.92 Å². The molecular formula is C16H13N3O5. The van der Waals surface area contributed by atoms with E-state index in [-0.39, 0.29) is 17.2 Å². The van der Waals surface area contributed by atoms with Gasteiger partial charge in [0.1, 0.15) is 11.3 Å². The number of amides is 1. The van der Waals surface area contributed by atoms with E-state index in [2.05, 4.69) is 5.10 Å². The fraction of sp³-hybridized carbons (Fsp3) is 0.125. The van der Waals surface area contributed by atoms with Crippen LogP contribution in [-0.2, 0) is 9.53 Å². The van der Waals surface area contributed by atoms with Gasteiger partial charge in [-0.3, -0.25) is 14.9 Å². The molecule has 0 radical (unpaired) electrons. The lowest BCUT2D eigenvalue weighted by atomic mass is 10.2. The number of ether oxygens (including phenoxy) is 1. The van der Waals surface area contributed by atoms with Crippen LogP contribution < -0.4 is 5.01 Å². The molecule has 0 aliphatic carbocycles. The van der Waals surface area contributed by atoms with Gasteiger partial charge in [0.2, 0.25) is 5.90 Å². The topological polar surface area (TPSA) is 98.2 Å². The predicted octanol–water partition coefficient (Wildman–Crippen LogP) is 2.97. The van der Waals surface area contributed by atoms with Crippen molar-refractivity contribution >= 4 is 29.3 Å². The lowest BCUT2D eigenvalue weighted by molar-refractivity contribution is -0.384. The minimum Gasteiger partial charge on any atom is -0.476 e. The Morgan fingerprint density at radius 2 is 2.08 bits per heavy atom. The average molecular weight is 327 g/mol. The van der Waals surface area contributed by atoms with E-state index >= 15 is 0 Å². The van der Waals surface area contributed by atoms with Crippen molar-refractivity contribution in [3.05, 3.63) is 64.1 Å². The Kier molecular flexibility index (Phi) is 4.11. The molecule has 8 heteroatoms. The van der Waals surface area contributed by atoms with E-state index in [1.54, 1.807) is 25.1 Å². The van der Waals surface area contributed by atoms with Crippen molar-refractivity contribution < 1.29 is 18.9 Å². The molecule has 1 aliphatic rings. The Hall–Kier alpha value is -3.42. The van der Waals surface area contributed by atoms with Crippen LogP contribution in [-0.4, -0.2) is 23.3 Å². The second-order valence-corrected chi connectivity index (χ2v) is 4.80. The zero-order valence-corrected chi connectivity index (χ0v) is 12.7. The zero-order chi connectivity index (χ0) is 17.1. The van der Waals surface area contributed by atoms with Crippen molar-refractivity contribution in [1.82, 2.24) is 0 Å². The van der Waals surface area contributed by atoms with E-state index in [1.165, 1.54) is 30.5 Å². The summed E-state index contributed by atoms with van der Waals surface area (Å²) in [4.78, 5) is 22.8. The van der Waals surface area contributed by atoms with Crippen LogP contribution in [0, 0.1) is 10.1 Å². The molecule has 1 amide bonds. The molecule has 2 heterocycles. The molecule has 24 heavy (non-hydrogen) atoms. The number of anilines is 1. The summed E-state index contributed by atoms with van der Waals surface area (Å²) in [7, 11) is 0. The highest BCUT2D eigenvalue weighted by atomic mass is 16.6. The third-order valence-electron chi connectivity index (χ3n) is 3.26. The molecule has 2 aromatic rings. The summed E-state index contributed by atoms with van der Waals surface area (Å²) < 4.78 is 10.6. The Morgan fingerprint density at radius 3 is 2.67 bits per heavy atom. The maximum atomic E-state index is 12.6. The Morgan fingerprint density at radius 1 is 1.33 bits per heavy atom. The maximum Gasteiger partial charge on any atom is 0.284 e. The van der Waals surface area contributed by atoms with Crippen molar-refractivity contribution in [3.63, 3.8) is 0 Å². The molecule has 0 N–H and O–H groups in total. The number of carbonyl (C=O) groups is 1. The third kappa shape index (κ3) is 2.89. The first-order chi connectivity index (χ1) is 11.6. The number of nitrogens with zero attached hydrogens (tertiary/aromatic N) is 3. The largest absolute Gasteiger partial charge is 0.476 e. The third-order valence-corrected chi connectivity index (χ3v) is 3.26. The molecule has 0 fully saturated rings. The first kappa shape index (κ1) is 15.5. The highest BCUT2D eigenvalue weighted by molar-refractivity contribution is 6.30. The van der Waals surface area contributed by atoms with Gasteiger partial charge < -0.3 is 9.15 Å². The molecule has 122 valence electrons. The van der Waals surface area contributed by atoms with Crippen LogP contribution >= 0.6 is 0 Å². The summed E-state index contributed by atoms with van der Waals surface area (Å²) in [6, 6.07) is 8.95. The number of nitro groups is 1. The van der Waals surface area contributed by atoms with Gasteiger partial charge in [-0.25, -0.2) is 0 Å². The van der Waals surface area contributed by atoms with E-state index < -0.39 is 10.8 Å². The molecule has 1 aliphatic heterocycles. The van der Waals surface area contributed by atoms with Crippen LogP contribution in [0.5, 0.6) is 0 Å². The first-order valence-corrected chi connectivity index (χ1v) is 7.16. The first-order valence-electron chi connectivity index (χ1n) is 7.16. The highest BCUT2D eigenvalue weighted by Gasteiger charge is 2.33. The minimum absolute atomic E-state index is 0.0641. The summed E-state index contributed by atoms with van der Waals surface area (Å²) in [6.07, 6.45) is 3.04. The molecule has 1 aromatic heterocycles. The summed E-state index contributed by atoms with van der Waals surface area (Å²) >= 11 is 0. The fourth-order valence-corrected chi connectivity index (χ4v) is 2.17. The summed E-state index contributed by atoms with van der Waals surface area (Å²) in [5, 5.41) is 16.0. The van der Waals surface area contributed by atoms with E-state index in [9.17, 15) is 14.9 Å². The molecule has 0 saturated heterocycles. The second kappa shape index (κ2) is 6.37. The summed E-state index contributed by atoms with van der Waals surface area (Å²) in [5.74, 6) is 0.275. The van der Waals surface area contributed by atoms with Gasteiger partial charge in [-0.2, -0.15) is 5.01 Å². The van der Waals surface area contributed by atoms with Crippen LogP contribution in [0.15, 0.2) is 57.8 Å². The fourth-order valence-electron chi connectivity index (χ4n) is 2.17. The lowest BCUT2D eigenvalue weighted by Gasteiger charge is -2.10. The molecule has 0 bridgehead atoms. The quantitative estimate of drug-likeness (QED) is 0.488. The Balaban J connectivity index is 1.95. The van der Waals surface area contributed by atoms with E-state index in [0.717, 1.165) is 5.01 Å².